The molecule has 0 aliphatic heterocycles. The maximum Gasteiger partial charge on any atom is 0.154 e. The van der Waals surface area contributed by atoms with Gasteiger partial charge < -0.3 is 9.97 Å². The van der Waals surface area contributed by atoms with Crippen LogP contribution in [0, 0.1) is 6.92 Å². The van der Waals surface area contributed by atoms with Gasteiger partial charge in [0.1, 0.15) is 0 Å². The molecule has 0 aliphatic rings. The number of hydrogen-bond donors (Lipinski definition) is 2. The van der Waals surface area contributed by atoms with E-state index in [1.165, 1.54) is 16.7 Å². The van der Waals surface area contributed by atoms with Crippen LogP contribution < -0.4 is 0 Å². The van der Waals surface area contributed by atoms with Crippen LogP contribution in [-0.2, 0) is 0 Å². The molecule has 2 heterocycles. The normalized spacial score (nSPS) is 10.9. The molecule has 4 heteroatoms. The van der Waals surface area contributed by atoms with Gasteiger partial charge in [-0.3, -0.25) is 0 Å². The molecule has 2 aromatic carbocycles. The lowest BCUT2D eigenvalue weighted by Gasteiger charge is -2.07. The second kappa shape index (κ2) is 6.13. The lowest BCUT2D eigenvalue weighted by molar-refractivity contribution is 1.26. The molecular weight excluding hydrogens is 362 g/mol. The van der Waals surface area contributed by atoms with E-state index in [-0.39, 0.29) is 0 Å². The molecule has 0 fully saturated rings. The van der Waals surface area contributed by atoms with Gasteiger partial charge in [-0.25, -0.2) is 4.98 Å². The minimum Gasteiger partial charge on any atom is -0.358 e. The fourth-order valence-corrected chi connectivity index (χ4v) is 3.39. The molecule has 0 spiro atoms. The van der Waals surface area contributed by atoms with Crippen LogP contribution in [0.5, 0.6) is 0 Å². The number of benzene rings is 2. The predicted octanol–water partition coefficient (Wildman–Crippen LogP) is 5.81. The molecule has 2 aromatic heterocycles. The van der Waals surface area contributed by atoms with E-state index in [0.717, 1.165) is 27.2 Å². The van der Waals surface area contributed by atoms with Crippen molar-refractivity contribution in [3.8, 4) is 33.9 Å². The average Bonchev–Trinajstić information content (AvgIpc) is 3.24. The smallest absolute Gasteiger partial charge is 0.154 e. The molecule has 3 nitrogen and oxygen atoms in total. The summed E-state index contributed by atoms with van der Waals surface area (Å²) in [6.07, 6.45) is 3.85. The first kappa shape index (κ1) is 15.0. The second-order valence-corrected chi connectivity index (χ2v) is 6.65. The zero-order chi connectivity index (χ0) is 16.5. The number of aromatic amines is 2. The zero-order valence-corrected chi connectivity index (χ0v) is 14.8. The lowest BCUT2D eigenvalue weighted by atomic mass is 10.0. The molecule has 0 radical (unpaired) electrons. The van der Waals surface area contributed by atoms with E-state index in [2.05, 4.69) is 86.3 Å². The molecule has 0 amide bonds. The molecular formula is C20H16BrN3. The van der Waals surface area contributed by atoms with Crippen molar-refractivity contribution in [2.24, 2.45) is 0 Å². The van der Waals surface area contributed by atoms with Gasteiger partial charge in [0, 0.05) is 16.2 Å². The molecule has 4 rings (SSSR count). The highest BCUT2D eigenvalue weighted by Gasteiger charge is 2.09. The maximum absolute atomic E-state index is 4.48. The Morgan fingerprint density at radius 3 is 2.46 bits per heavy atom. The van der Waals surface area contributed by atoms with Crippen LogP contribution in [0.15, 0.2) is 71.5 Å². The lowest BCUT2D eigenvalue weighted by Crippen LogP contribution is -1.84. The fraction of sp³-hybridized carbons (Fsp3) is 0.0500. The highest BCUT2D eigenvalue weighted by atomic mass is 79.9. The zero-order valence-electron chi connectivity index (χ0n) is 13.2. The third-order valence-corrected chi connectivity index (χ3v) is 4.68. The van der Waals surface area contributed by atoms with Gasteiger partial charge in [-0.05, 0) is 35.7 Å². The maximum atomic E-state index is 4.48. The first-order valence-electron chi connectivity index (χ1n) is 7.76. The fourth-order valence-electron chi connectivity index (χ4n) is 2.78. The van der Waals surface area contributed by atoms with E-state index >= 15 is 0 Å². The van der Waals surface area contributed by atoms with E-state index in [4.69, 9.17) is 0 Å². The number of halogens is 1. The first-order valence-corrected chi connectivity index (χ1v) is 8.56. The second-order valence-electron chi connectivity index (χ2n) is 5.80. The third-order valence-electron chi connectivity index (χ3n) is 4.02. The van der Waals surface area contributed by atoms with Crippen molar-refractivity contribution in [3.63, 3.8) is 0 Å². The van der Waals surface area contributed by atoms with E-state index in [1.807, 2.05) is 18.5 Å². The van der Waals surface area contributed by atoms with Crippen LogP contribution in [0.2, 0.25) is 0 Å². The monoisotopic (exact) mass is 377 g/mol. The predicted molar refractivity (Wildman–Crippen MR) is 102 cm³/mol. The van der Waals surface area contributed by atoms with Crippen molar-refractivity contribution in [1.82, 2.24) is 15.0 Å². The van der Waals surface area contributed by atoms with Gasteiger partial charge in [0.15, 0.2) is 5.82 Å². The van der Waals surface area contributed by atoms with E-state index in [0.29, 0.717) is 0 Å². The average molecular weight is 378 g/mol. The van der Waals surface area contributed by atoms with Gasteiger partial charge in [-0.2, -0.15) is 0 Å². The number of H-pyrrole nitrogens is 2. The summed E-state index contributed by atoms with van der Waals surface area (Å²) in [6.45, 7) is 2.06. The molecule has 0 saturated carbocycles. The minimum absolute atomic E-state index is 0.848. The number of rotatable bonds is 3. The Morgan fingerprint density at radius 1 is 0.917 bits per heavy atom. The van der Waals surface area contributed by atoms with Crippen LogP contribution in [-0.4, -0.2) is 15.0 Å². The van der Waals surface area contributed by atoms with Gasteiger partial charge in [-0.15, -0.1) is 0 Å². The highest BCUT2D eigenvalue weighted by molar-refractivity contribution is 9.10. The summed E-state index contributed by atoms with van der Waals surface area (Å²) in [5.41, 5.74) is 6.67. The Labute approximate surface area is 148 Å². The quantitative estimate of drug-likeness (QED) is 0.464. The summed E-state index contributed by atoms with van der Waals surface area (Å²) >= 11 is 3.70. The molecule has 0 unspecified atom stereocenters. The number of aryl methyl sites for hydroxylation is 1. The van der Waals surface area contributed by atoms with Gasteiger partial charge in [-0.1, -0.05) is 58.4 Å². The van der Waals surface area contributed by atoms with Gasteiger partial charge in [0.05, 0.1) is 17.6 Å². The summed E-state index contributed by atoms with van der Waals surface area (Å²) < 4.78 is 1.07. The molecule has 0 bridgehead atoms. The number of nitrogens with zero attached hydrogens (tertiary/aromatic N) is 1. The molecule has 2 N–H and O–H groups in total. The Morgan fingerprint density at radius 2 is 1.75 bits per heavy atom. The van der Waals surface area contributed by atoms with Gasteiger partial charge in [0.25, 0.3) is 0 Å². The van der Waals surface area contributed by atoms with Crippen molar-refractivity contribution in [2.45, 2.75) is 6.92 Å². The topological polar surface area (TPSA) is 44.5 Å². The largest absolute Gasteiger partial charge is 0.358 e. The Kier molecular flexibility index (Phi) is 3.82. The van der Waals surface area contributed by atoms with E-state index in [1.54, 1.807) is 0 Å². The number of imidazole rings is 1. The van der Waals surface area contributed by atoms with Gasteiger partial charge >= 0.3 is 0 Å². The van der Waals surface area contributed by atoms with Crippen LogP contribution in [0.3, 0.4) is 0 Å². The summed E-state index contributed by atoms with van der Waals surface area (Å²) in [4.78, 5) is 11.1. The van der Waals surface area contributed by atoms with Crippen LogP contribution in [0.25, 0.3) is 33.9 Å². The molecule has 118 valence electrons. The van der Waals surface area contributed by atoms with Crippen molar-refractivity contribution in [3.05, 3.63) is 77.0 Å². The SMILES string of the molecule is Cc1c[nH]c(-c2ncc(-c3ccc(-c4ccccc4)c(Br)c3)[nH]2)c1. The molecule has 0 saturated heterocycles. The summed E-state index contributed by atoms with van der Waals surface area (Å²) in [5.74, 6) is 0.848. The summed E-state index contributed by atoms with van der Waals surface area (Å²) in [6, 6.07) is 18.8. The summed E-state index contributed by atoms with van der Waals surface area (Å²) in [5, 5.41) is 0. The van der Waals surface area contributed by atoms with Crippen molar-refractivity contribution >= 4 is 15.9 Å². The minimum atomic E-state index is 0.848. The third kappa shape index (κ3) is 2.81. The van der Waals surface area contributed by atoms with Crippen LogP contribution >= 0.6 is 15.9 Å². The summed E-state index contributed by atoms with van der Waals surface area (Å²) in [7, 11) is 0. The number of hydrogen-bond acceptors (Lipinski definition) is 1. The van der Waals surface area contributed by atoms with Crippen molar-refractivity contribution < 1.29 is 0 Å². The molecule has 24 heavy (non-hydrogen) atoms. The molecule has 0 aliphatic carbocycles. The van der Waals surface area contributed by atoms with E-state index in [9.17, 15) is 0 Å². The standard InChI is InChI=1S/C20H16BrN3/c1-13-9-18(22-11-13)20-23-12-19(24-20)15-7-8-16(17(21)10-15)14-5-3-2-4-6-14/h2-12,22H,1H3,(H,23,24). The molecule has 0 atom stereocenters. The number of aromatic nitrogens is 3. The highest BCUT2D eigenvalue weighted by Crippen LogP contribution is 2.32. The first-order chi connectivity index (χ1) is 11.7. The Hall–Kier alpha value is -2.59. The number of nitrogens with one attached hydrogen (secondary N) is 2. The van der Waals surface area contributed by atoms with E-state index < -0.39 is 0 Å². The molecule has 4 aromatic rings. The Bertz CT molecular complexity index is 983. The Balaban J connectivity index is 1.68. The van der Waals surface area contributed by atoms with Crippen molar-refractivity contribution in [2.75, 3.05) is 0 Å². The van der Waals surface area contributed by atoms with Crippen LogP contribution in [0.1, 0.15) is 5.56 Å². The van der Waals surface area contributed by atoms with Crippen LogP contribution in [0.4, 0.5) is 0 Å². The van der Waals surface area contributed by atoms with Crippen molar-refractivity contribution in [1.29, 1.82) is 0 Å². The van der Waals surface area contributed by atoms with Gasteiger partial charge in [0.2, 0.25) is 0 Å².